The molecule has 0 aromatic heterocycles. The van der Waals surface area contributed by atoms with Crippen molar-refractivity contribution in [1.82, 2.24) is 10.2 Å². The number of carbonyl (C=O) groups excluding carboxylic acids is 5. The highest BCUT2D eigenvalue weighted by Gasteiger charge is 2.46. The SMILES string of the molecule is CC(=O)O[C@H]1CCCN(c2cccc3c2C(=O)N(C2CCC(=O)NC2=O)C3=O)C1. The molecule has 1 aromatic rings. The third-order valence-electron chi connectivity index (χ3n) is 5.50. The number of hydrogen-bond donors (Lipinski definition) is 1. The van der Waals surface area contributed by atoms with Crippen LogP contribution in [0.25, 0.3) is 0 Å². The number of ether oxygens (including phenoxy) is 1. The van der Waals surface area contributed by atoms with Crippen LogP contribution in [0.4, 0.5) is 5.69 Å². The zero-order valence-corrected chi connectivity index (χ0v) is 16.0. The fraction of sp³-hybridized carbons (Fsp3) is 0.450. The van der Waals surface area contributed by atoms with E-state index in [4.69, 9.17) is 4.74 Å². The lowest BCUT2D eigenvalue weighted by molar-refractivity contribution is -0.146. The number of imide groups is 2. The van der Waals surface area contributed by atoms with Gasteiger partial charge in [0.1, 0.15) is 12.1 Å². The average Bonchev–Trinajstić information content (AvgIpc) is 2.93. The van der Waals surface area contributed by atoms with Gasteiger partial charge in [0.05, 0.1) is 23.4 Å². The van der Waals surface area contributed by atoms with Crippen LogP contribution >= 0.6 is 0 Å². The molecule has 2 saturated heterocycles. The summed E-state index contributed by atoms with van der Waals surface area (Å²) < 4.78 is 5.32. The molecule has 3 aliphatic heterocycles. The Morgan fingerprint density at radius 1 is 1.14 bits per heavy atom. The van der Waals surface area contributed by atoms with Crippen LogP contribution in [0.5, 0.6) is 0 Å². The molecule has 0 saturated carbocycles. The van der Waals surface area contributed by atoms with Crippen LogP contribution in [0.15, 0.2) is 18.2 Å². The number of amides is 4. The van der Waals surface area contributed by atoms with Crippen LogP contribution in [-0.2, 0) is 19.1 Å². The Bertz CT molecular complexity index is 927. The van der Waals surface area contributed by atoms with E-state index in [0.29, 0.717) is 18.8 Å². The first-order valence-corrected chi connectivity index (χ1v) is 9.63. The minimum Gasteiger partial charge on any atom is -0.461 e. The zero-order chi connectivity index (χ0) is 20.7. The van der Waals surface area contributed by atoms with E-state index in [1.54, 1.807) is 18.2 Å². The van der Waals surface area contributed by atoms with Gasteiger partial charge < -0.3 is 9.64 Å². The molecular formula is C20H21N3O6. The van der Waals surface area contributed by atoms with E-state index in [9.17, 15) is 24.0 Å². The first kappa shape index (κ1) is 19.1. The van der Waals surface area contributed by atoms with E-state index in [-0.39, 0.29) is 36.0 Å². The van der Waals surface area contributed by atoms with Crippen LogP contribution in [0, 0.1) is 0 Å². The smallest absolute Gasteiger partial charge is 0.302 e. The van der Waals surface area contributed by atoms with Gasteiger partial charge in [0.15, 0.2) is 0 Å². The maximum atomic E-state index is 13.2. The first-order valence-electron chi connectivity index (χ1n) is 9.63. The van der Waals surface area contributed by atoms with Gasteiger partial charge in [-0.15, -0.1) is 0 Å². The van der Waals surface area contributed by atoms with Crippen molar-refractivity contribution in [3.63, 3.8) is 0 Å². The number of hydrogen-bond acceptors (Lipinski definition) is 7. The molecule has 29 heavy (non-hydrogen) atoms. The van der Waals surface area contributed by atoms with Gasteiger partial charge in [-0.05, 0) is 31.4 Å². The summed E-state index contributed by atoms with van der Waals surface area (Å²) in [5, 5.41) is 2.19. The van der Waals surface area contributed by atoms with Gasteiger partial charge in [-0.25, -0.2) is 0 Å². The van der Waals surface area contributed by atoms with Gasteiger partial charge in [0, 0.05) is 19.9 Å². The molecule has 9 heteroatoms. The highest BCUT2D eigenvalue weighted by Crippen LogP contribution is 2.35. The normalized spacial score (nSPS) is 24.4. The molecule has 2 fully saturated rings. The van der Waals surface area contributed by atoms with Gasteiger partial charge >= 0.3 is 5.97 Å². The summed E-state index contributed by atoms with van der Waals surface area (Å²) >= 11 is 0. The van der Waals surface area contributed by atoms with Gasteiger partial charge in [-0.1, -0.05) is 6.07 Å². The second-order valence-corrected chi connectivity index (χ2v) is 7.47. The summed E-state index contributed by atoms with van der Waals surface area (Å²) in [5.74, 6) is -2.47. The average molecular weight is 399 g/mol. The second kappa shape index (κ2) is 7.31. The van der Waals surface area contributed by atoms with Crippen molar-refractivity contribution < 1.29 is 28.7 Å². The van der Waals surface area contributed by atoms with Crippen LogP contribution in [0.1, 0.15) is 53.3 Å². The lowest BCUT2D eigenvalue weighted by Gasteiger charge is -2.34. The van der Waals surface area contributed by atoms with E-state index < -0.39 is 29.7 Å². The third-order valence-corrected chi connectivity index (χ3v) is 5.50. The van der Waals surface area contributed by atoms with Crippen molar-refractivity contribution >= 4 is 35.3 Å². The van der Waals surface area contributed by atoms with Crippen LogP contribution in [-0.4, -0.2) is 59.7 Å². The van der Waals surface area contributed by atoms with Crippen molar-refractivity contribution in [3.05, 3.63) is 29.3 Å². The number of rotatable bonds is 3. The summed E-state index contributed by atoms with van der Waals surface area (Å²) in [5.41, 5.74) is 1.09. The maximum Gasteiger partial charge on any atom is 0.302 e. The minimum absolute atomic E-state index is 0.0762. The first-order chi connectivity index (χ1) is 13.9. The van der Waals surface area contributed by atoms with Gasteiger partial charge in [0.2, 0.25) is 11.8 Å². The number of esters is 1. The Kier molecular flexibility index (Phi) is 4.81. The fourth-order valence-electron chi connectivity index (χ4n) is 4.25. The quantitative estimate of drug-likeness (QED) is 0.585. The van der Waals surface area contributed by atoms with Gasteiger partial charge in [-0.3, -0.25) is 34.2 Å². The summed E-state index contributed by atoms with van der Waals surface area (Å²) in [6.45, 7) is 2.45. The molecule has 3 aliphatic rings. The monoisotopic (exact) mass is 399 g/mol. The van der Waals surface area contributed by atoms with E-state index >= 15 is 0 Å². The maximum absolute atomic E-state index is 13.2. The minimum atomic E-state index is -0.997. The molecule has 3 heterocycles. The lowest BCUT2D eigenvalue weighted by atomic mass is 10.0. The molecule has 0 spiro atoms. The number of piperidine rings is 2. The molecule has 1 aromatic carbocycles. The molecule has 2 atom stereocenters. The van der Waals surface area contributed by atoms with Crippen molar-refractivity contribution in [3.8, 4) is 0 Å². The number of nitrogens with one attached hydrogen (secondary N) is 1. The highest BCUT2D eigenvalue weighted by atomic mass is 16.5. The predicted molar refractivity (Wildman–Crippen MR) is 100 cm³/mol. The molecule has 4 rings (SSSR count). The largest absolute Gasteiger partial charge is 0.461 e. The second-order valence-electron chi connectivity index (χ2n) is 7.47. The molecule has 4 amide bonds. The number of fused-ring (bicyclic) bond motifs is 1. The molecule has 9 nitrogen and oxygen atoms in total. The molecule has 1 N–H and O–H groups in total. The summed E-state index contributed by atoms with van der Waals surface area (Å²) in [4.78, 5) is 64.0. The summed E-state index contributed by atoms with van der Waals surface area (Å²) in [6.07, 6.45) is 1.42. The number of carbonyl (C=O) groups is 5. The van der Waals surface area contributed by atoms with Crippen LogP contribution in [0.3, 0.4) is 0 Å². The number of benzene rings is 1. The van der Waals surface area contributed by atoms with E-state index in [1.165, 1.54) is 6.92 Å². The number of nitrogens with zero attached hydrogens (tertiary/aromatic N) is 2. The van der Waals surface area contributed by atoms with Crippen LogP contribution < -0.4 is 10.2 Å². The Morgan fingerprint density at radius 3 is 2.66 bits per heavy atom. The van der Waals surface area contributed by atoms with Crippen molar-refractivity contribution in [2.75, 3.05) is 18.0 Å². The van der Waals surface area contributed by atoms with Crippen molar-refractivity contribution in [2.45, 2.75) is 44.8 Å². The lowest BCUT2D eigenvalue weighted by Crippen LogP contribution is -2.54. The number of anilines is 1. The zero-order valence-electron chi connectivity index (χ0n) is 16.0. The predicted octanol–water partition coefficient (Wildman–Crippen LogP) is 0.620. The van der Waals surface area contributed by atoms with Crippen molar-refractivity contribution in [2.24, 2.45) is 0 Å². The molecule has 0 radical (unpaired) electrons. The Morgan fingerprint density at radius 2 is 1.93 bits per heavy atom. The van der Waals surface area contributed by atoms with E-state index in [1.807, 2.05) is 4.90 Å². The summed E-state index contributed by atoms with van der Waals surface area (Å²) in [6, 6.07) is 4.03. The molecule has 1 unspecified atom stereocenters. The van der Waals surface area contributed by atoms with Crippen LogP contribution in [0.2, 0.25) is 0 Å². The fourth-order valence-corrected chi connectivity index (χ4v) is 4.25. The standard InChI is InChI=1S/C20H21N3O6/c1-11(24)29-12-4-3-9-22(10-12)14-6-2-5-13-17(14)20(28)23(19(13)27)15-7-8-16(25)21-18(15)26/h2,5-6,12,15H,3-4,7-10H2,1H3,(H,21,25,26)/t12-,15?/m0/s1. The molecule has 0 aliphatic carbocycles. The topological polar surface area (TPSA) is 113 Å². The summed E-state index contributed by atoms with van der Waals surface area (Å²) in [7, 11) is 0. The highest BCUT2D eigenvalue weighted by molar-refractivity contribution is 6.25. The third kappa shape index (κ3) is 3.37. The van der Waals surface area contributed by atoms with Gasteiger partial charge in [-0.2, -0.15) is 0 Å². The Balaban J connectivity index is 1.64. The Hall–Kier alpha value is -3.23. The van der Waals surface area contributed by atoms with E-state index in [2.05, 4.69) is 5.32 Å². The Labute approximate surface area is 167 Å². The van der Waals surface area contributed by atoms with Crippen molar-refractivity contribution in [1.29, 1.82) is 0 Å². The molecular weight excluding hydrogens is 378 g/mol. The molecule has 152 valence electrons. The van der Waals surface area contributed by atoms with Gasteiger partial charge in [0.25, 0.3) is 11.8 Å². The molecule has 0 bridgehead atoms. The van der Waals surface area contributed by atoms with E-state index in [0.717, 1.165) is 17.7 Å².